The maximum Gasteiger partial charge on any atom is 0.230 e. The fourth-order valence-electron chi connectivity index (χ4n) is 1.97. The molecule has 2 heterocycles. The van der Waals surface area contributed by atoms with Crippen molar-refractivity contribution in [2.24, 2.45) is 4.99 Å². The molecule has 0 unspecified atom stereocenters. The van der Waals surface area contributed by atoms with Gasteiger partial charge in [0, 0.05) is 17.5 Å². The Kier molecular flexibility index (Phi) is 3.06. The van der Waals surface area contributed by atoms with E-state index in [1.54, 1.807) is 11.8 Å². The highest BCUT2D eigenvalue weighted by Crippen LogP contribution is 2.15. The highest BCUT2D eigenvalue weighted by atomic mass is 32.2. The minimum atomic E-state index is -0.00182. The van der Waals surface area contributed by atoms with Gasteiger partial charge >= 0.3 is 0 Å². The van der Waals surface area contributed by atoms with E-state index < -0.39 is 0 Å². The van der Waals surface area contributed by atoms with Crippen LogP contribution in [0.3, 0.4) is 0 Å². The van der Waals surface area contributed by atoms with Crippen molar-refractivity contribution in [3.05, 3.63) is 36.0 Å². The van der Waals surface area contributed by atoms with Crippen molar-refractivity contribution in [3.8, 4) is 0 Å². The van der Waals surface area contributed by atoms with Crippen molar-refractivity contribution in [1.29, 1.82) is 0 Å². The Balaban J connectivity index is 1.69. The molecule has 2 N–H and O–H groups in total. The maximum absolute atomic E-state index is 11.8. The zero-order valence-corrected chi connectivity index (χ0v) is 10.6. The third kappa shape index (κ3) is 2.41. The second-order valence-corrected chi connectivity index (χ2v) is 5.24. The lowest BCUT2D eigenvalue weighted by molar-refractivity contribution is -0.119. The number of nitrogens with one attached hydrogen (secondary N) is 2. The molecule has 0 bridgehead atoms. The third-order valence-electron chi connectivity index (χ3n) is 2.81. The van der Waals surface area contributed by atoms with E-state index >= 15 is 0 Å². The van der Waals surface area contributed by atoms with Crippen molar-refractivity contribution in [3.63, 3.8) is 0 Å². The Hall–Kier alpha value is -1.75. The summed E-state index contributed by atoms with van der Waals surface area (Å²) in [6.07, 6.45) is 2.29. The molecular formula is C13H13N3OS. The van der Waals surface area contributed by atoms with Crippen LogP contribution in [0.5, 0.6) is 0 Å². The SMILES string of the molecule is O=C(Cc1ccc2[nH]ccc2c1)NC1=NCCS1. The minimum Gasteiger partial charge on any atom is -0.361 e. The van der Waals surface area contributed by atoms with E-state index in [-0.39, 0.29) is 5.91 Å². The Morgan fingerprint density at radius 2 is 2.39 bits per heavy atom. The molecule has 3 rings (SSSR count). The van der Waals surface area contributed by atoms with Gasteiger partial charge in [0.15, 0.2) is 5.17 Å². The van der Waals surface area contributed by atoms with E-state index in [0.717, 1.165) is 33.9 Å². The third-order valence-corrected chi connectivity index (χ3v) is 3.71. The topological polar surface area (TPSA) is 57.2 Å². The lowest BCUT2D eigenvalue weighted by Gasteiger charge is -2.04. The Morgan fingerprint density at radius 1 is 1.44 bits per heavy atom. The van der Waals surface area contributed by atoms with Crippen LogP contribution in [0.25, 0.3) is 10.9 Å². The second kappa shape index (κ2) is 4.86. The van der Waals surface area contributed by atoms with Gasteiger partial charge < -0.3 is 10.3 Å². The molecule has 1 aromatic heterocycles. The molecule has 92 valence electrons. The highest BCUT2D eigenvalue weighted by molar-refractivity contribution is 8.14. The normalized spacial score (nSPS) is 14.8. The molecule has 1 aromatic carbocycles. The first kappa shape index (κ1) is 11.3. The minimum absolute atomic E-state index is 0.00182. The van der Waals surface area contributed by atoms with Crippen molar-refractivity contribution in [1.82, 2.24) is 10.3 Å². The van der Waals surface area contributed by atoms with E-state index in [2.05, 4.69) is 15.3 Å². The van der Waals surface area contributed by atoms with Crippen LogP contribution >= 0.6 is 11.8 Å². The molecule has 1 amide bonds. The fraction of sp³-hybridized carbons (Fsp3) is 0.231. The number of amides is 1. The molecule has 5 heteroatoms. The zero-order valence-electron chi connectivity index (χ0n) is 9.77. The first-order valence-corrected chi connectivity index (χ1v) is 6.83. The molecule has 4 nitrogen and oxygen atoms in total. The quantitative estimate of drug-likeness (QED) is 0.865. The maximum atomic E-state index is 11.8. The van der Waals surface area contributed by atoms with Gasteiger partial charge in [-0.05, 0) is 29.1 Å². The summed E-state index contributed by atoms with van der Waals surface area (Å²) in [5.74, 6) is 0.961. The summed E-state index contributed by atoms with van der Waals surface area (Å²) in [5.41, 5.74) is 2.11. The van der Waals surface area contributed by atoms with Crippen LogP contribution < -0.4 is 5.32 Å². The van der Waals surface area contributed by atoms with E-state index in [4.69, 9.17) is 0 Å². The summed E-state index contributed by atoms with van der Waals surface area (Å²) in [6.45, 7) is 0.801. The Bertz CT molecular complexity index is 617. The first-order chi connectivity index (χ1) is 8.81. The van der Waals surface area contributed by atoms with E-state index in [9.17, 15) is 4.79 Å². The van der Waals surface area contributed by atoms with Gasteiger partial charge in [0.25, 0.3) is 0 Å². The van der Waals surface area contributed by atoms with Crippen molar-refractivity contribution in [2.45, 2.75) is 6.42 Å². The summed E-state index contributed by atoms with van der Waals surface area (Å²) in [7, 11) is 0. The summed E-state index contributed by atoms with van der Waals surface area (Å²) >= 11 is 1.60. The number of nitrogens with zero attached hydrogens (tertiary/aromatic N) is 1. The van der Waals surface area contributed by atoms with Crippen molar-refractivity contribution >= 4 is 33.7 Å². The van der Waals surface area contributed by atoms with Gasteiger partial charge in [0.1, 0.15) is 0 Å². The number of aromatic amines is 1. The number of aromatic nitrogens is 1. The van der Waals surface area contributed by atoms with Gasteiger partial charge in [0.05, 0.1) is 13.0 Å². The molecule has 0 saturated heterocycles. The summed E-state index contributed by atoms with van der Waals surface area (Å²) in [6, 6.07) is 8.02. The number of hydrogen-bond donors (Lipinski definition) is 2. The number of hydrogen-bond acceptors (Lipinski definition) is 3. The summed E-state index contributed by atoms with van der Waals surface area (Å²) in [5, 5.41) is 4.72. The molecule has 1 aliphatic rings. The van der Waals surface area contributed by atoms with Crippen LogP contribution in [0.1, 0.15) is 5.56 Å². The molecule has 2 aromatic rings. The van der Waals surface area contributed by atoms with Crippen molar-refractivity contribution < 1.29 is 4.79 Å². The van der Waals surface area contributed by atoms with Crippen LogP contribution in [-0.2, 0) is 11.2 Å². The van der Waals surface area contributed by atoms with Crippen LogP contribution in [0.15, 0.2) is 35.5 Å². The van der Waals surface area contributed by atoms with Crippen LogP contribution in [0, 0.1) is 0 Å². The monoisotopic (exact) mass is 259 g/mol. The average Bonchev–Trinajstić information content (AvgIpc) is 2.98. The molecule has 0 fully saturated rings. The predicted molar refractivity (Wildman–Crippen MR) is 74.9 cm³/mol. The predicted octanol–water partition coefficient (Wildman–Crippen LogP) is 1.93. The van der Waals surface area contributed by atoms with Gasteiger partial charge in [-0.25, -0.2) is 0 Å². The van der Waals surface area contributed by atoms with Gasteiger partial charge in [-0.3, -0.25) is 9.79 Å². The summed E-state index contributed by atoms with van der Waals surface area (Å²) < 4.78 is 0. The molecular weight excluding hydrogens is 246 g/mol. The smallest absolute Gasteiger partial charge is 0.230 e. The average molecular weight is 259 g/mol. The van der Waals surface area contributed by atoms with Crippen LogP contribution in [0.2, 0.25) is 0 Å². The van der Waals surface area contributed by atoms with Crippen molar-refractivity contribution in [2.75, 3.05) is 12.3 Å². The number of benzene rings is 1. The highest BCUT2D eigenvalue weighted by Gasteiger charge is 2.11. The Labute approximate surface area is 109 Å². The van der Waals surface area contributed by atoms with Gasteiger partial charge in [-0.15, -0.1) is 0 Å². The number of thioether (sulfide) groups is 1. The fourth-order valence-corrected chi connectivity index (χ4v) is 2.72. The van der Waals surface area contributed by atoms with Crippen LogP contribution in [-0.4, -0.2) is 28.4 Å². The van der Waals surface area contributed by atoms with Crippen LogP contribution in [0.4, 0.5) is 0 Å². The molecule has 0 aliphatic carbocycles. The van der Waals surface area contributed by atoms with Gasteiger partial charge in [-0.2, -0.15) is 0 Å². The molecule has 18 heavy (non-hydrogen) atoms. The first-order valence-electron chi connectivity index (χ1n) is 5.84. The lowest BCUT2D eigenvalue weighted by Crippen LogP contribution is -2.28. The molecule has 0 atom stereocenters. The zero-order chi connectivity index (χ0) is 12.4. The number of H-pyrrole nitrogens is 1. The number of amidine groups is 1. The van der Waals surface area contributed by atoms with Gasteiger partial charge in [0.2, 0.25) is 5.91 Å². The lowest BCUT2D eigenvalue weighted by atomic mass is 10.1. The molecule has 0 radical (unpaired) electrons. The summed E-state index contributed by atoms with van der Waals surface area (Å²) in [4.78, 5) is 19.2. The standard InChI is InChI=1S/C13H13N3OS/c17-12(16-13-15-5-6-18-13)8-9-1-2-11-10(7-9)3-4-14-11/h1-4,7,14H,5-6,8H2,(H,15,16,17). The second-order valence-electron chi connectivity index (χ2n) is 4.16. The number of rotatable bonds is 2. The molecule has 1 aliphatic heterocycles. The number of aliphatic imine (C=N–C) groups is 1. The molecule has 0 spiro atoms. The van der Waals surface area contributed by atoms with E-state index in [0.29, 0.717) is 6.42 Å². The molecule has 0 saturated carbocycles. The number of carbonyl (C=O) groups is 1. The number of carbonyl (C=O) groups excluding carboxylic acids is 1. The Morgan fingerprint density at radius 3 is 3.22 bits per heavy atom. The van der Waals surface area contributed by atoms with Gasteiger partial charge in [-0.1, -0.05) is 17.8 Å². The van der Waals surface area contributed by atoms with E-state index in [1.807, 2.05) is 30.5 Å². The van der Waals surface area contributed by atoms with E-state index in [1.165, 1.54) is 0 Å². The number of fused-ring (bicyclic) bond motifs is 1. The largest absolute Gasteiger partial charge is 0.361 e.